The van der Waals surface area contributed by atoms with Crippen molar-refractivity contribution < 1.29 is 15.0 Å². The third kappa shape index (κ3) is 5.80. The summed E-state index contributed by atoms with van der Waals surface area (Å²) in [4.78, 5) is 12.4. The van der Waals surface area contributed by atoms with Gasteiger partial charge in [-0.15, -0.1) is 0 Å². The lowest BCUT2D eigenvalue weighted by atomic mass is 10.1. The number of likely N-dealkylation sites (N-methyl/N-ethyl adjacent to an activating group) is 1. The highest BCUT2D eigenvalue weighted by molar-refractivity contribution is 5.67. The number of carboxylic acids is 1. The predicted octanol–water partition coefficient (Wildman–Crippen LogP) is 1.30. The first kappa shape index (κ1) is 14.7. The molecule has 1 unspecified atom stereocenters. The average molecular weight is 251 g/mol. The Bertz CT molecular complexity index is 392. The number of carboxylic acid groups (broad SMARTS) is 1. The molecule has 0 aliphatic rings. The van der Waals surface area contributed by atoms with E-state index in [-0.39, 0.29) is 6.42 Å². The average Bonchev–Trinajstić information content (AvgIpc) is 2.25. The van der Waals surface area contributed by atoms with Crippen molar-refractivity contribution in [2.75, 3.05) is 20.1 Å². The van der Waals surface area contributed by atoms with Gasteiger partial charge in [0.05, 0.1) is 12.5 Å². The van der Waals surface area contributed by atoms with E-state index in [1.165, 1.54) is 11.1 Å². The summed E-state index contributed by atoms with van der Waals surface area (Å²) in [5.74, 6) is -0.963. The Balaban J connectivity index is 2.32. The number of hydrogen-bond acceptors (Lipinski definition) is 3. The van der Waals surface area contributed by atoms with E-state index in [1.807, 2.05) is 18.0 Å². The minimum Gasteiger partial charge on any atom is -0.481 e. The van der Waals surface area contributed by atoms with Crippen LogP contribution in [0.2, 0.25) is 0 Å². The van der Waals surface area contributed by atoms with E-state index in [0.29, 0.717) is 6.54 Å². The summed E-state index contributed by atoms with van der Waals surface area (Å²) in [6.45, 7) is 3.25. The smallest absolute Gasteiger partial charge is 0.306 e. The highest BCUT2D eigenvalue weighted by Crippen LogP contribution is 2.05. The maximum Gasteiger partial charge on any atom is 0.306 e. The molecule has 1 atom stereocenters. The molecule has 100 valence electrons. The van der Waals surface area contributed by atoms with Crippen LogP contribution < -0.4 is 0 Å². The number of carbonyl (C=O) groups is 1. The summed E-state index contributed by atoms with van der Waals surface area (Å²) in [5, 5.41) is 18.1. The zero-order valence-electron chi connectivity index (χ0n) is 11.0. The lowest BCUT2D eigenvalue weighted by Gasteiger charge is -2.19. The first-order chi connectivity index (χ1) is 8.47. The SMILES string of the molecule is Cc1cccc(CCN(C)CC(O)CC(=O)O)c1. The van der Waals surface area contributed by atoms with Gasteiger partial charge in [0.25, 0.3) is 0 Å². The molecule has 0 saturated heterocycles. The standard InChI is InChI=1S/C14H21NO3/c1-11-4-3-5-12(8-11)6-7-15(2)10-13(16)9-14(17)18/h3-5,8,13,16H,6-7,9-10H2,1-2H3,(H,17,18). The summed E-state index contributed by atoms with van der Waals surface area (Å²) in [6.07, 6.45) is -0.0998. The zero-order chi connectivity index (χ0) is 13.5. The van der Waals surface area contributed by atoms with Crippen LogP contribution in [0.4, 0.5) is 0 Å². The fourth-order valence-electron chi connectivity index (χ4n) is 1.90. The van der Waals surface area contributed by atoms with Crippen molar-refractivity contribution in [3.63, 3.8) is 0 Å². The van der Waals surface area contributed by atoms with Crippen molar-refractivity contribution >= 4 is 5.97 Å². The van der Waals surface area contributed by atoms with Gasteiger partial charge < -0.3 is 15.1 Å². The molecular weight excluding hydrogens is 230 g/mol. The minimum absolute atomic E-state index is 0.200. The Kier molecular flexibility index (Phi) is 5.82. The lowest BCUT2D eigenvalue weighted by molar-refractivity contribution is -0.139. The summed E-state index contributed by atoms with van der Waals surface area (Å²) in [5.41, 5.74) is 2.50. The molecular formula is C14H21NO3. The Morgan fingerprint density at radius 2 is 2.17 bits per heavy atom. The number of aryl methyl sites for hydroxylation is 1. The molecule has 0 radical (unpaired) electrons. The second kappa shape index (κ2) is 7.13. The highest BCUT2D eigenvalue weighted by atomic mass is 16.4. The fourth-order valence-corrected chi connectivity index (χ4v) is 1.90. The number of aliphatic hydroxyl groups excluding tert-OH is 1. The van der Waals surface area contributed by atoms with E-state index >= 15 is 0 Å². The van der Waals surface area contributed by atoms with Gasteiger partial charge in [-0.1, -0.05) is 29.8 Å². The molecule has 1 rings (SSSR count). The number of aliphatic hydroxyl groups is 1. The Hall–Kier alpha value is -1.39. The van der Waals surface area contributed by atoms with E-state index in [9.17, 15) is 9.90 Å². The number of rotatable bonds is 7. The van der Waals surface area contributed by atoms with Crippen LogP contribution in [0.3, 0.4) is 0 Å². The van der Waals surface area contributed by atoms with Crippen LogP contribution in [0.25, 0.3) is 0 Å². The summed E-state index contributed by atoms with van der Waals surface area (Å²) < 4.78 is 0. The van der Waals surface area contributed by atoms with Crippen molar-refractivity contribution in [1.29, 1.82) is 0 Å². The van der Waals surface area contributed by atoms with Crippen molar-refractivity contribution in [1.82, 2.24) is 4.90 Å². The number of aliphatic carboxylic acids is 1. The molecule has 0 spiro atoms. The molecule has 2 N–H and O–H groups in total. The quantitative estimate of drug-likeness (QED) is 0.767. The normalized spacial score (nSPS) is 12.7. The van der Waals surface area contributed by atoms with Crippen LogP contribution in [-0.4, -0.2) is 47.3 Å². The Morgan fingerprint density at radius 1 is 1.44 bits per heavy atom. The van der Waals surface area contributed by atoms with Crippen LogP contribution in [0.5, 0.6) is 0 Å². The van der Waals surface area contributed by atoms with Crippen molar-refractivity contribution in [2.24, 2.45) is 0 Å². The van der Waals surface area contributed by atoms with E-state index < -0.39 is 12.1 Å². The van der Waals surface area contributed by atoms with Gasteiger partial charge in [0.15, 0.2) is 0 Å². The molecule has 0 bridgehead atoms. The molecule has 0 heterocycles. The van der Waals surface area contributed by atoms with E-state index in [1.54, 1.807) is 0 Å². The van der Waals surface area contributed by atoms with Gasteiger partial charge in [0, 0.05) is 13.1 Å². The third-order valence-corrected chi connectivity index (χ3v) is 2.80. The van der Waals surface area contributed by atoms with E-state index in [4.69, 9.17) is 5.11 Å². The third-order valence-electron chi connectivity index (χ3n) is 2.80. The molecule has 1 aromatic rings. The molecule has 4 heteroatoms. The maximum atomic E-state index is 10.4. The van der Waals surface area contributed by atoms with E-state index in [2.05, 4.69) is 25.1 Å². The number of nitrogens with zero attached hydrogens (tertiary/aromatic N) is 1. The van der Waals surface area contributed by atoms with Crippen molar-refractivity contribution in [3.05, 3.63) is 35.4 Å². The molecule has 0 amide bonds. The van der Waals surface area contributed by atoms with Crippen molar-refractivity contribution in [3.8, 4) is 0 Å². The second-order valence-corrected chi connectivity index (χ2v) is 4.75. The lowest BCUT2D eigenvalue weighted by Crippen LogP contribution is -2.32. The minimum atomic E-state index is -0.963. The largest absolute Gasteiger partial charge is 0.481 e. The van der Waals surface area contributed by atoms with Gasteiger partial charge in [-0.3, -0.25) is 4.79 Å². The summed E-state index contributed by atoms with van der Waals surface area (Å²) in [6, 6.07) is 8.31. The van der Waals surface area contributed by atoms with Gasteiger partial charge in [-0.05, 0) is 26.0 Å². The first-order valence-electron chi connectivity index (χ1n) is 6.11. The molecule has 0 aliphatic heterocycles. The Morgan fingerprint density at radius 3 is 2.78 bits per heavy atom. The van der Waals surface area contributed by atoms with Gasteiger partial charge in [-0.2, -0.15) is 0 Å². The molecule has 1 aromatic carbocycles. The summed E-state index contributed by atoms with van der Waals surface area (Å²) >= 11 is 0. The molecule has 0 fully saturated rings. The van der Waals surface area contributed by atoms with Crippen LogP contribution >= 0.6 is 0 Å². The van der Waals surface area contributed by atoms with Gasteiger partial charge in [0.2, 0.25) is 0 Å². The topological polar surface area (TPSA) is 60.8 Å². The van der Waals surface area contributed by atoms with Crippen LogP contribution in [-0.2, 0) is 11.2 Å². The maximum absolute atomic E-state index is 10.4. The molecule has 0 aromatic heterocycles. The zero-order valence-corrected chi connectivity index (χ0v) is 11.0. The number of hydrogen-bond donors (Lipinski definition) is 2. The first-order valence-corrected chi connectivity index (χ1v) is 6.11. The van der Waals surface area contributed by atoms with Crippen LogP contribution in [0, 0.1) is 6.92 Å². The molecule has 18 heavy (non-hydrogen) atoms. The number of benzene rings is 1. The summed E-state index contributed by atoms with van der Waals surface area (Å²) in [7, 11) is 1.89. The monoisotopic (exact) mass is 251 g/mol. The molecule has 0 saturated carbocycles. The van der Waals surface area contributed by atoms with Gasteiger partial charge in [0.1, 0.15) is 0 Å². The van der Waals surface area contributed by atoms with Gasteiger partial charge in [-0.25, -0.2) is 0 Å². The predicted molar refractivity (Wildman–Crippen MR) is 70.6 cm³/mol. The highest BCUT2D eigenvalue weighted by Gasteiger charge is 2.11. The van der Waals surface area contributed by atoms with Crippen molar-refractivity contribution in [2.45, 2.75) is 25.9 Å². The molecule has 4 nitrogen and oxygen atoms in total. The van der Waals surface area contributed by atoms with Crippen LogP contribution in [0.15, 0.2) is 24.3 Å². The Labute approximate surface area is 108 Å². The fraction of sp³-hybridized carbons (Fsp3) is 0.500. The second-order valence-electron chi connectivity index (χ2n) is 4.75. The van der Waals surface area contributed by atoms with Crippen LogP contribution in [0.1, 0.15) is 17.5 Å². The van der Waals surface area contributed by atoms with E-state index in [0.717, 1.165) is 13.0 Å². The van der Waals surface area contributed by atoms with Gasteiger partial charge >= 0.3 is 5.97 Å². The molecule has 0 aliphatic carbocycles.